The van der Waals surface area contributed by atoms with Crippen LogP contribution < -0.4 is 5.32 Å². The zero-order valence-electron chi connectivity index (χ0n) is 11.1. The second kappa shape index (κ2) is 6.36. The molecule has 0 aliphatic heterocycles. The number of fused-ring (bicyclic) bond motifs is 1. The van der Waals surface area contributed by atoms with Crippen LogP contribution in [0.5, 0.6) is 0 Å². The van der Waals surface area contributed by atoms with Gasteiger partial charge in [0.15, 0.2) is 0 Å². The van der Waals surface area contributed by atoms with Gasteiger partial charge in [0.05, 0.1) is 0 Å². The smallest absolute Gasteiger partial charge is 0.000813 e. The van der Waals surface area contributed by atoms with E-state index in [-0.39, 0.29) is 0 Å². The van der Waals surface area contributed by atoms with E-state index in [0.717, 1.165) is 19.5 Å². The third kappa shape index (κ3) is 2.99. The van der Waals surface area contributed by atoms with Crippen LogP contribution in [0.1, 0.15) is 24.5 Å². The van der Waals surface area contributed by atoms with Crippen LogP contribution >= 0.6 is 0 Å². The minimum atomic E-state index is 1.03. The van der Waals surface area contributed by atoms with Crippen molar-refractivity contribution in [2.24, 2.45) is 0 Å². The van der Waals surface area contributed by atoms with Gasteiger partial charge in [-0.25, -0.2) is 0 Å². The van der Waals surface area contributed by atoms with E-state index < -0.39 is 0 Å². The van der Waals surface area contributed by atoms with Crippen LogP contribution in [0.4, 0.5) is 0 Å². The molecule has 94 valence electrons. The van der Waals surface area contributed by atoms with E-state index in [4.69, 9.17) is 0 Å². The molecular formula is C17H21N. The Morgan fingerprint density at radius 3 is 2.50 bits per heavy atom. The summed E-state index contributed by atoms with van der Waals surface area (Å²) in [6, 6.07) is 13.0. The van der Waals surface area contributed by atoms with Crippen molar-refractivity contribution in [3.05, 3.63) is 54.1 Å². The van der Waals surface area contributed by atoms with Gasteiger partial charge in [-0.15, -0.1) is 0 Å². The number of hydrogen-bond acceptors (Lipinski definition) is 1. The van der Waals surface area contributed by atoms with Gasteiger partial charge in [0.1, 0.15) is 0 Å². The minimum Gasteiger partial charge on any atom is -0.316 e. The Hall–Kier alpha value is -1.60. The monoisotopic (exact) mass is 239 g/mol. The molecule has 0 saturated heterocycles. The fourth-order valence-electron chi connectivity index (χ4n) is 2.24. The molecule has 0 heterocycles. The van der Waals surface area contributed by atoms with Crippen molar-refractivity contribution in [3.63, 3.8) is 0 Å². The third-order valence-corrected chi connectivity index (χ3v) is 3.23. The van der Waals surface area contributed by atoms with E-state index in [2.05, 4.69) is 55.2 Å². The number of nitrogens with one attached hydrogen (secondary N) is 1. The van der Waals surface area contributed by atoms with E-state index >= 15 is 0 Å². The molecule has 2 aromatic rings. The van der Waals surface area contributed by atoms with Crippen LogP contribution in [-0.4, -0.2) is 13.1 Å². The molecular weight excluding hydrogens is 218 g/mol. The predicted molar refractivity (Wildman–Crippen MR) is 80.9 cm³/mol. The van der Waals surface area contributed by atoms with Gasteiger partial charge >= 0.3 is 0 Å². The van der Waals surface area contributed by atoms with Crippen LogP contribution in [0, 0.1) is 0 Å². The highest BCUT2D eigenvalue weighted by Gasteiger charge is 2.02. The molecule has 0 atom stereocenters. The zero-order valence-corrected chi connectivity index (χ0v) is 11.1. The van der Waals surface area contributed by atoms with Crippen molar-refractivity contribution in [1.82, 2.24) is 5.32 Å². The molecule has 1 N–H and O–H groups in total. The quantitative estimate of drug-likeness (QED) is 0.751. The highest BCUT2D eigenvalue weighted by atomic mass is 14.8. The summed E-state index contributed by atoms with van der Waals surface area (Å²) in [5.74, 6) is 0. The fraction of sp³-hybridized carbons (Fsp3) is 0.294. The Labute approximate surface area is 110 Å². The molecule has 0 aliphatic rings. The Kier molecular flexibility index (Phi) is 4.54. The Morgan fingerprint density at radius 2 is 1.83 bits per heavy atom. The molecule has 1 heteroatoms. The number of rotatable bonds is 6. The molecule has 2 rings (SSSR count). The van der Waals surface area contributed by atoms with Gasteiger partial charge < -0.3 is 5.32 Å². The number of hydrogen-bond donors (Lipinski definition) is 1. The first-order chi connectivity index (χ1) is 8.85. The van der Waals surface area contributed by atoms with E-state index in [1.807, 2.05) is 6.08 Å². The number of benzene rings is 2. The van der Waals surface area contributed by atoms with Gasteiger partial charge in [-0.3, -0.25) is 0 Å². The lowest BCUT2D eigenvalue weighted by Gasteiger charge is -2.09. The van der Waals surface area contributed by atoms with E-state index in [1.54, 1.807) is 0 Å². The van der Waals surface area contributed by atoms with Crippen LogP contribution in [0.3, 0.4) is 0 Å². The van der Waals surface area contributed by atoms with Crippen molar-refractivity contribution >= 4 is 16.8 Å². The fourth-order valence-corrected chi connectivity index (χ4v) is 2.24. The molecule has 2 aromatic carbocycles. The summed E-state index contributed by atoms with van der Waals surface area (Å²) < 4.78 is 0. The van der Waals surface area contributed by atoms with Crippen molar-refractivity contribution < 1.29 is 0 Å². The van der Waals surface area contributed by atoms with Gasteiger partial charge in [0.25, 0.3) is 0 Å². The molecule has 0 aromatic heterocycles. The zero-order chi connectivity index (χ0) is 12.8. The lowest BCUT2D eigenvalue weighted by molar-refractivity contribution is 0.671. The molecule has 0 bridgehead atoms. The average Bonchev–Trinajstić information content (AvgIpc) is 2.42. The first kappa shape index (κ1) is 12.8. The topological polar surface area (TPSA) is 12.0 Å². The first-order valence-corrected chi connectivity index (χ1v) is 6.70. The third-order valence-electron chi connectivity index (χ3n) is 3.23. The molecule has 0 radical (unpaired) electrons. The van der Waals surface area contributed by atoms with Crippen LogP contribution in [-0.2, 0) is 6.42 Å². The van der Waals surface area contributed by atoms with E-state index in [1.165, 1.54) is 28.3 Å². The maximum absolute atomic E-state index is 3.92. The molecule has 0 aliphatic carbocycles. The molecule has 1 nitrogen and oxygen atoms in total. The van der Waals surface area contributed by atoms with Crippen LogP contribution in [0.25, 0.3) is 16.8 Å². The van der Waals surface area contributed by atoms with E-state index in [0.29, 0.717) is 0 Å². The Balaban J connectivity index is 2.22. The molecule has 0 fully saturated rings. The van der Waals surface area contributed by atoms with Crippen molar-refractivity contribution in [2.75, 3.05) is 13.1 Å². The van der Waals surface area contributed by atoms with Gasteiger partial charge in [0.2, 0.25) is 0 Å². The van der Waals surface area contributed by atoms with Gasteiger partial charge in [-0.1, -0.05) is 49.9 Å². The predicted octanol–water partition coefficient (Wildman–Crippen LogP) is 4.02. The van der Waals surface area contributed by atoms with Crippen molar-refractivity contribution in [3.8, 4) is 0 Å². The molecule has 0 saturated carbocycles. The van der Waals surface area contributed by atoms with Gasteiger partial charge in [0, 0.05) is 0 Å². The van der Waals surface area contributed by atoms with E-state index in [9.17, 15) is 0 Å². The molecule has 18 heavy (non-hydrogen) atoms. The summed E-state index contributed by atoms with van der Waals surface area (Å²) in [4.78, 5) is 0. The summed E-state index contributed by atoms with van der Waals surface area (Å²) in [5, 5.41) is 6.05. The van der Waals surface area contributed by atoms with Crippen LogP contribution in [0.2, 0.25) is 0 Å². The highest BCUT2D eigenvalue weighted by molar-refractivity contribution is 5.85. The van der Waals surface area contributed by atoms with Crippen LogP contribution in [0.15, 0.2) is 43.0 Å². The second-order valence-electron chi connectivity index (χ2n) is 4.60. The second-order valence-corrected chi connectivity index (χ2v) is 4.60. The summed E-state index contributed by atoms with van der Waals surface area (Å²) in [6.45, 7) is 8.24. The first-order valence-electron chi connectivity index (χ1n) is 6.70. The van der Waals surface area contributed by atoms with Gasteiger partial charge in [-0.05, 0) is 53.9 Å². The Bertz CT molecular complexity index is 528. The normalized spacial score (nSPS) is 10.7. The Morgan fingerprint density at radius 1 is 1.11 bits per heavy atom. The molecule has 0 amide bonds. The highest BCUT2D eigenvalue weighted by Crippen LogP contribution is 2.21. The summed E-state index contributed by atoms with van der Waals surface area (Å²) >= 11 is 0. The largest absolute Gasteiger partial charge is 0.316 e. The van der Waals surface area contributed by atoms with Crippen molar-refractivity contribution in [1.29, 1.82) is 0 Å². The lowest BCUT2D eigenvalue weighted by Crippen LogP contribution is -2.18. The summed E-state index contributed by atoms with van der Waals surface area (Å²) in [6.07, 6.45) is 4.21. The maximum Gasteiger partial charge on any atom is -0.000813 e. The summed E-state index contributed by atoms with van der Waals surface area (Å²) in [7, 11) is 0. The SMILES string of the molecule is C=Cc1cc2ccccc2cc1CCNCCC. The minimum absolute atomic E-state index is 1.03. The molecule has 0 unspecified atom stereocenters. The van der Waals surface area contributed by atoms with Gasteiger partial charge in [-0.2, -0.15) is 0 Å². The average molecular weight is 239 g/mol. The maximum atomic E-state index is 3.92. The standard InChI is InChI=1S/C17H21N/c1-3-10-18-11-9-17-13-16-8-6-5-7-15(16)12-14(17)4-2/h4-8,12-13,18H,2-3,9-11H2,1H3. The lowest BCUT2D eigenvalue weighted by atomic mass is 9.99. The molecule has 0 spiro atoms. The summed E-state index contributed by atoms with van der Waals surface area (Å²) in [5.41, 5.74) is 2.64. The van der Waals surface area contributed by atoms with Crippen molar-refractivity contribution in [2.45, 2.75) is 19.8 Å².